The van der Waals surface area contributed by atoms with E-state index in [-0.39, 0.29) is 10.2 Å². The van der Waals surface area contributed by atoms with Crippen molar-refractivity contribution in [1.29, 1.82) is 0 Å². The summed E-state index contributed by atoms with van der Waals surface area (Å²) in [6, 6.07) is 10.3. The zero-order chi connectivity index (χ0) is 16.4. The molecule has 3 rings (SSSR count). The van der Waals surface area contributed by atoms with Gasteiger partial charge in [0.2, 0.25) is 0 Å². The average Bonchev–Trinajstić information content (AvgIpc) is 3.11. The van der Waals surface area contributed by atoms with Crippen LogP contribution >= 0.6 is 34.5 Å². The van der Waals surface area contributed by atoms with Crippen molar-refractivity contribution < 1.29 is 8.42 Å². The molecule has 3 aromatic rings. The fourth-order valence-electron chi connectivity index (χ4n) is 1.83. The second kappa shape index (κ2) is 6.48. The first-order valence-corrected chi connectivity index (χ1v) is 9.40. The lowest BCUT2D eigenvalue weighted by Gasteiger charge is -2.03. The van der Waals surface area contributed by atoms with Gasteiger partial charge in [-0.15, -0.1) is 16.4 Å². The highest BCUT2D eigenvalue weighted by molar-refractivity contribution is 7.94. The number of rotatable bonds is 5. The van der Waals surface area contributed by atoms with Crippen molar-refractivity contribution in [3.05, 3.63) is 57.6 Å². The van der Waals surface area contributed by atoms with Crippen LogP contribution in [0.15, 0.2) is 46.9 Å². The Morgan fingerprint density at radius 1 is 1.17 bits per heavy atom. The Kier molecular flexibility index (Phi) is 4.58. The summed E-state index contributed by atoms with van der Waals surface area (Å²) < 4.78 is 28.6. The number of nitrogens with zero attached hydrogens (tertiary/aromatic N) is 3. The Morgan fingerprint density at radius 2 is 1.96 bits per heavy atom. The van der Waals surface area contributed by atoms with E-state index in [0.29, 0.717) is 15.9 Å². The normalized spacial score (nSPS) is 11.6. The second-order valence-corrected chi connectivity index (χ2v) is 8.55. The molecule has 23 heavy (non-hydrogen) atoms. The van der Waals surface area contributed by atoms with Gasteiger partial charge in [0.1, 0.15) is 10.5 Å². The number of nitrogens with one attached hydrogen (secondary N) is 1. The van der Waals surface area contributed by atoms with Crippen LogP contribution in [-0.4, -0.2) is 23.2 Å². The Hall–Kier alpha value is -1.61. The summed E-state index contributed by atoms with van der Waals surface area (Å²) in [4.78, 5) is 3.95. The van der Waals surface area contributed by atoms with Crippen LogP contribution in [-0.2, 0) is 16.6 Å². The van der Waals surface area contributed by atoms with Crippen molar-refractivity contribution in [2.75, 3.05) is 4.72 Å². The summed E-state index contributed by atoms with van der Waals surface area (Å²) in [5, 5.41) is 4.70. The van der Waals surface area contributed by atoms with Crippen LogP contribution < -0.4 is 4.72 Å². The minimum absolute atomic E-state index is 0.0124. The zero-order valence-corrected chi connectivity index (χ0v) is 14.6. The van der Waals surface area contributed by atoms with Crippen molar-refractivity contribution >= 4 is 50.5 Å². The fraction of sp³-hybridized carbons (Fsp3) is 0.0769. The summed E-state index contributed by atoms with van der Waals surface area (Å²) >= 11 is 12.8. The molecule has 0 aliphatic heterocycles. The van der Waals surface area contributed by atoms with Gasteiger partial charge in [0.25, 0.3) is 16.0 Å². The van der Waals surface area contributed by atoms with Gasteiger partial charge in [-0.2, -0.15) is 4.98 Å². The first-order chi connectivity index (χ1) is 10.9. The van der Waals surface area contributed by atoms with Crippen LogP contribution in [0.3, 0.4) is 0 Å². The summed E-state index contributed by atoms with van der Waals surface area (Å²) in [5.41, 5.74) is 0.860. The topological polar surface area (TPSA) is 76.9 Å². The Balaban J connectivity index is 1.76. The molecular formula is C13H10Cl2N4O2S2. The number of sulfonamides is 1. The van der Waals surface area contributed by atoms with Crippen molar-refractivity contribution in [1.82, 2.24) is 14.8 Å². The molecule has 2 aromatic heterocycles. The second-order valence-electron chi connectivity index (χ2n) is 4.52. The molecule has 0 saturated heterocycles. The molecule has 1 aromatic carbocycles. The largest absolute Gasteiger partial charge is 0.273 e. The Labute approximate surface area is 146 Å². The molecule has 0 saturated carbocycles. The predicted molar refractivity (Wildman–Crippen MR) is 90.7 cm³/mol. The number of hydrogen-bond acceptors (Lipinski definition) is 5. The van der Waals surface area contributed by atoms with Gasteiger partial charge in [0, 0.05) is 5.02 Å². The third-order valence-electron chi connectivity index (χ3n) is 2.87. The smallest absolute Gasteiger partial charge is 0.246 e. The first kappa shape index (κ1) is 16.3. The van der Waals surface area contributed by atoms with E-state index in [9.17, 15) is 8.42 Å². The van der Waals surface area contributed by atoms with E-state index < -0.39 is 10.0 Å². The molecule has 0 aliphatic carbocycles. The van der Waals surface area contributed by atoms with Gasteiger partial charge in [0.05, 0.1) is 10.9 Å². The van der Waals surface area contributed by atoms with Crippen LogP contribution in [0.4, 0.5) is 5.95 Å². The zero-order valence-electron chi connectivity index (χ0n) is 11.5. The lowest BCUT2D eigenvalue weighted by Crippen LogP contribution is -2.13. The van der Waals surface area contributed by atoms with Gasteiger partial charge in [0.15, 0.2) is 0 Å². The maximum atomic E-state index is 12.2. The molecule has 0 radical (unpaired) electrons. The van der Waals surface area contributed by atoms with Gasteiger partial charge in [-0.25, -0.2) is 17.8 Å². The van der Waals surface area contributed by atoms with Gasteiger partial charge in [-0.05, 0) is 23.8 Å². The highest BCUT2D eigenvalue weighted by Crippen LogP contribution is 2.26. The molecule has 0 fully saturated rings. The molecule has 0 atom stereocenters. The van der Waals surface area contributed by atoms with Gasteiger partial charge < -0.3 is 0 Å². The van der Waals surface area contributed by atoms with Crippen LogP contribution in [0.25, 0.3) is 0 Å². The molecule has 0 aliphatic rings. The first-order valence-electron chi connectivity index (χ1n) is 6.35. The fourth-order valence-corrected chi connectivity index (χ4v) is 4.46. The van der Waals surface area contributed by atoms with Crippen LogP contribution in [0.1, 0.15) is 5.56 Å². The van der Waals surface area contributed by atoms with Gasteiger partial charge in [-0.1, -0.05) is 41.4 Å². The predicted octanol–water partition coefficient (Wildman–Crippen LogP) is 3.50. The molecular weight excluding hydrogens is 379 g/mol. The van der Waals surface area contributed by atoms with Gasteiger partial charge >= 0.3 is 0 Å². The number of hydrogen-bond donors (Lipinski definition) is 1. The van der Waals surface area contributed by atoms with Crippen LogP contribution in [0.5, 0.6) is 0 Å². The van der Waals surface area contributed by atoms with Crippen LogP contribution in [0, 0.1) is 0 Å². The molecule has 0 bridgehead atoms. The number of halogens is 2. The van der Waals surface area contributed by atoms with Crippen molar-refractivity contribution in [2.24, 2.45) is 0 Å². The number of aromatic nitrogens is 3. The van der Waals surface area contributed by atoms with E-state index in [2.05, 4.69) is 14.8 Å². The minimum Gasteiger partial charge on any atom is -0.246 e. The summed E-state index contributed by atoms with van der Waals surface area (Å²) in [6.07, 6.45) is 1.43. The third kappa shape index (κ3) is 3.84. The van der Waals surface area contributed by atoms with E-state index in [1.165, 1.54) is 23.1 Å². The number of benzene rings is 1. The summed E-state index contributed by atoms with van der Waals surface area (Å²) in [5.74, 6) is -0.0124. The lowest BCUT2D eigenvalue weighted by atomic mass is 10.2. The molecule has 2 heterocycles. The van der Waals surface area contributed by atoms with E-state index >= 15 is 0 Å². The van der Waals surface area contributed by atoms with Crippen LogP contribution in [0.2, 0.25) is 9.36 Å². The van der Waals surface area contributed by atoms with Gasteiger partial charge in [-0.3, -0.25) is 0 Å². The lowest BCUT2D eigenvalue weighted by molar-refractivity contribution is 0.602. The van der Waals surface area contributed by atoms with E-state index in [1.807, 2.05) is 18.2 Å². The average molecular weight is 389 g/mol. The van der Waals surface area contributed by atoms with E-state index in [4.69, 9.17) is 23.2 Å². The van der Waals surface area contributed by atoms with Crippen molar-refractivity contribution in [2.45, 2.75) is 10.8 Å². The monoisotopic (exact) mass is 388 g/mol. The molecule has 1 N–H and O–H groups in total. The molecule has 0 unspecified atom stereocenters. The SMILES string of the molecule is O=S(=O)(Nc1ncn(Cc2ccccc2Cl)n1)c1ccc(Cl)s1. The maximum Gasteiger partial charge on any atom is 0.273 e. The van der Waals surface area contributed by atoms with E-state index in [0.717, 1.165) is 16.9 Å². The Morgan fingerprint density at radius 3 is 2.65 bits per heavy atom. The standard InChI is InChI=1S/C13H10Cl2N4O2S2/c14-10-4-2-1-3-9(10)7-19-8-16-13(17-19)18-23(20,21)12-6-5-11(15)22-12/h1-6,8H,7H2,(H,17,18). The number of thiophene rings is 1. The quantitative estimate of drug-likeness (QED) is 0.725. The molecule has 0 spiro atoms. The van der Waals surface area contributed by atoms with Crippen molar-refractivity contribution in [3.63, 3.8) is 0 Å². The summed E-state index contributed by atoms with van der Waals surface area (Å²) in [7, 11) is -3.74. The van der Waals surface area contributed by atoms with Crippen molar-refractivity contribution in [3.8, 4) is 0 Å². The minimum atomic E-state index is -3.74. The molecule has 6 nitrogen and oxygen atoms in total. The number of anilines is 1. The Bertz CT molecular complexity index is 937. The highest BCUT2D eigenvalue weighted by Gasteiger charge is 2.18. The molecule has 10 heteroatoms. The maximum absolute atomic E-state index is 12.2. The molecule has 0 amide bonds. The molecule has 120 valence electrons. The van der Waals surface area contributed by atoms with E-state index in [1.54, 1.807) is 6.07 Å². The summed E-state index contributed by atoms with van der Waals surface area (Å²) in [6.45, 7) is 0.388. The third-order valence-corrected chi connectivity index (χ3v) is 6.29. The highest BCUT2D eigenvalue weighted by atomic mass is 35.5.